The number of rotatable bonds is 9. The minimum atomic E-state index is -0.161. The highest BCUT2D eigenvalue weighted by Crippen LogP contribution is 2.44. The van der Waals surface area contributed by atoms with E-state index in [-0.39, 0.29) is 11.3 Å². The van der Waals surface area contributed by atoms with E-state index >= 15 is 0 Å². The smallest absolute Gasteiger partial charge is 0.225 e. The maximum atomic E-state index is 11.8. The summed E-state index contributed by atoms with van der Waals surface area (Å²) in [5.41, 5.74) is 0.895. The molecule has 8 nitrogen and oxygen atoms in total. The van der Waals surface area contributed by atoms with Crippen LogP contribution in [0.15, 0.2) is 11.2 Å². The van der Waals surface area contributed by atoms with Crippen LogP contribution in [0.3, 0.4) is 0 Å². The van der Waals surface area contributed by atoms with E-state index in [4.69, 9.17) is 5.26 Å². The largest absolute Gasteiger partial charge is 0.354 e. The average molecular weight is 363 g/mol. The lowest BCUT2D eigenvalue weighted by Gasteiger charge is -2.11. The number of guanidine groups is 1. The standard InChI is InChI=1S/C16H25N7OS/c1-12-9-21-13(23-12)10-25-8-7-20-15(22-11-17)19-6-5-18-14(24)16(2)3-4-16/h9H,3-8,10H2,1-2H3,(H,18,24)(H,21,23)(H2,19,20,22). The van der Waals surface area contributed by atoms with E-state index in [0.29, 0.717) is 25.6 Å². The predicted molar refractivity (Wildman–Crippen MR) is 98.9 cm³/mol. The van der Waals surface area contributed by atoms with Crippen LogP contribution in [0.25, 0.3) is 0 Å². The Kier molecular flexibility index (Phi) is 7.13. The third kappa shape index (κ3) is 6.66. The van der Waals surface area contributed by atoms with Gasteiger partial charge in [-0.1, -0.05) is 6.92 Å². The minimum Gasteiger partial charge on any atom is -0.354 e. The van der Waals surface area contributed by atoms with E-state index in [1.54, 1.807) is 11.8 Å². The molecule has 4 N–H and O–H groups in total. The van der Waals surface area contributed by atoms with E-state index in [2.05, 4.69) is 30.9 Å². The summed E-state index contributed by atoms with van der Waals surface area (Å²) in [4.78, 5) is 23.6. The molecule has 1 heterocycles. The van der Waals surface area contributed by atoms with Crippen LogP contribution in [0.5, 0.6) is 0 Å². The number of thioether (sulfide) groups is 1. The summed E-state index contributed by atoms with van der Waals surface area (Å²) in [6, 6.07) is 0. The van der Waals surface area contributed by atoms with Gasteiger partial charge in [0.1, 0.15) is 5.82 Å². The lowest BCUT2D eigenvalue weighted by atomic mass is 10.1. The van der Waals surface area contributed by atoms with Gasteiger partial charge in [-0.3, -0.25) is 15.1 Å². The van der Waals surface area contributed by atoms with E-state index in [0.717, 1.165) is 35.9 Å². The van der Waals surface area contributed by atoms with Gasteiger partial charge in [0.25, 0.3) is 0 Å². The van der Waals surface area contributed by atoms with E-state index in [1.807, 2.05) is 26.2 Å². The first-order valence-corrected chi connectivity index (χ1v) is 9.49. The molecular weight excluding hydrogens is 338 g/mol. The van der Waals surface area contributed by atoms with Gasteiger partial charge in [0.15, 0.2) is 6.19 Å². The van der Waals surface area contributed by atoms with Crippen LogP contribution in [0.1, 0.15) is 31.3 Å². The van der Waals surface area contributed by atoms with Crippen molar-refractivity contribution < 1.29 is 4.79 Å². The second-order valence-electron chi connectivity index (χ2n) is 6.28. The number of carbonyl (C=O) groups is 1. The quantitative estimate of drug-likeness (QED) is 0.170. The highest BCUT2D eigenvalue weighted by molar-refractivity contribution is 7.98. The number of aliphatic imine (C=N–C) groups is 1. The first-order valence-electron chi connectivity index (χ1n) is 8.33. The molecule has 0 saturated heterocycles. The molecule has 1 aliphatic carbocycles. The second-order valence-corrected chi connectivity index (χ2v) is 7.38. The molecule has 2 rings (SSSR count). The van der Waals surface area contributed by atoms with Crippen molar-refractivity contribution >= 4 is 23.6 Å². The zero-order valence-electron chi connectivity index (χ0n) is 14.7. The number of carbonyl (C=O) groups excluding carboxylic acids is 1. The van der Waals surface area contributed by atoms with E-state index < -0.39 is 0 Å². The summed E-state index contributed by atoms with van der Waals surface area (Å²) in [6.45, 7) is 5.57. The van der Waals surface area contributed by atoms with Gasteiger partial charge >= 0.3 is 0 Å². The highest BCUT2D eigenvalue weighted by atomic mass is 32.2. The number of aryl methyl sites for hydroxylation is 1. The fourth-order valence-corrected chi connectivity index (χ4v) is 2.81. The summed E-state index contributed by atoms with van der Waals surface area (Å²) in [5.74, 6) is 3.13. The van der Waals surface area contributed by atoms with Gasteiger partial charge in [-0.2, -0.15) is 17.0 Å². The Morgan fingerprint density at radius 2 is 2.24 bits per heavy atom. The molecule has 9 heteroatoms. The molecule has 1 aromatic rings. The summed E-state index contributed by atoms with van der Waals surface area (Å²) < 4.78 is 0. The molecule has 0 aromatic carbocycles. The molecule has 0 radical (unpaired) electrons. The Labute approximate surface area is 152 Å². The van der Waals surface area contributed by atoms with E-state index in [9.17, 15) is 4.79 Å². The second kappa shape index (κ2) is 9.32. The number of hydrogen-bond acceptors (Lipinski definition) is 5. The van der Waals surface area contributed by atoms with Gasteiger partial charge in [-0.25, -0.2) is 4.98 Å². The monoisotopic (exact) mass is 363 g/mol. The van der Waals surface area contributed by atoms with Gasteiger partial charge in [0.2, 0.25) is 11.9 Å². The molecule has 0 atom stereocenters. The molecule has 0 spiro atoms. The van der Waals surface area contributed by atoms with Crippen molar-refractivity contribution in [2.45, 2.75) is 32.4 Å². The molecule has 136 valence electrons. The SMILES string of the molecule is Cc1cnc(CSCCN=C(NC#N)NCCNC(=O)C2(C)CC2)[nH]1. The van der Waals surface area contributed by atoms with E-state index in [1.165, 1.54) is 0 Å². The number of aromatic amines is 1. The predicted octanol–water partition coefficient (Wildman–Crippen LogP) is 0.884. The summed E-state index contributed by atoms with van der Waals surface area (Å²) in [7, 11) is 0. The Morgan fingerprint density at radius 3 is 2.88 bits per heavy atom. The molecule has 1 aliphatic rings. The zero-order valence-corrected chi connectivity index (χ0v) is 15.5. The maximum absolute atomic E-state index is 11.8. The molecule has 0 aliphatic heterocycles. The first kappa shape index (κ1) is 19.1. The Hall–Kier alpha value is -2.21. The van der Waals surface area contributed by atoms with Crippen LogP contribution >= 0.6 is 11.8 Å². The molecule has 1 saturated carbocycles. The van der Waals surface area contributed by atoms with Gasteiger partial charge in [-0.15, -0.1) is 0 Å². The van der Waals surface area contributed by atoms with Crippen LogP contribution < -0.4 is 16.0 Å². The van der Waals surface area contributed by atoms with Crippen molar-refractivity contribution in [1.29, 1.82) is 5.26 Å². The van der Waals surface area contributed by atoms with Crippen LogP contribution in [-0.2, 0) is 10.5 Å². The minimum absolute atomic E-state index is 0.102. The number of H-pyrrole nitrogens is 1. The van der Waals surface area contributed by atoms with Gasteiger partial charge in [-0.05, 0) is 19.8 Å². The Bertz CT molecular complexity index is 645. The lowest BCUT2D eigenvalue weighted by molar-refractivity contribution is -0.125. The fourth-order valence-electron chi connectivity index (χ4n) is 2.11. The third-order valence-corrected chi connectivity index (χ3v) is 4.87. The number of imidazole rings is 1. The fraction of sp³-hybridized carbons (Fsp3) is 0.625. The number of nitriles is 1. The molecule has 1 fully saturated rings. The molecule has 0 bridgehead atoms. The van der Waals surface area contributed by atoms with Crippen molar-refractivity contribution in [3.05, 3.63) is 17.7 Å². The topological polar surface area (TPSA) is 118 Å². The van der Waals surface area contributed by atoms with Crippen molar-refractivity contribution in [2.24, 2.45) is 10.4 Å². The van der Waals surface area contributed by atoms with Crippen LogP contribution in [0.2, 0.25) is 0 Å². The molecular formula is C16H25N7OS. The first-order chi connectivity index (χ1) is 12.0. The summed E-state index contributed by atoms with van der Waals surface area (Å²) >= 11 is 1.73. The molecule has 25 heavy (non-hydrogen) atoms. The summed E-state index contributed by atoms with van der Waals surface area (Å²) in [6.07, 6.45) is 5.61. The lowest BCUT2D eigenvalue weighted by Crippen LogP contribution is -2.41. The average Bonchev–Trinajstić information content (AvgIpc) is 3.21. The van der Waals surface area contributed by atoms with Crippen molar-refractivity contribution in [1.82, 2.24) is 25.9 Å². The third-order valence-electron chi connectivity index (χ3n) is 3.93. The molecule has 1 amide bonds. The number of amides is 1. The number of aromatic nitrogens is 2. The number of nitrogens with zero attached hydrogens (tertiary/aromatic N) is 3. The van der Waals surface area contributed by atoms with Crippen molar-refractivity contribution in [3.63, 3.8) is 0 Å². The Morgan fingerprint density at radius 1 is 1.48 bits per heavy atom. The summed E-state index contributed by atoms with van der Waals surface area (Å²) in [5, 5.41) is 17.2. The van der Waals surface area contributed by atoms with Gasteiger partial charge in [0, 0.05) is 36.1 Å². The Balaban J connectivity index is 1.60. The maximum Gasteiger partial charge on any atom is 0.225 e. The van der Waals surface area contributed by atoms with Crippen LogP contribution in [0.4, 0.5) is 0 Å². The number of hydrogen-bond donors (Lipinski definition) is 4. The van der Waals surface area contributed by atoms with Gasteiger partial charge < -0.3 is 15.6 Å². The highest BCUT2D eigenvalue weighted by Gasteiger charge is 2.44. The normalized spacial score (nSPS) is 15.3. The van der Waals surface area contributed by atoms with Crippen molar-refractivity contribution in [3.8, 4) is 6.19 Å². The van der Waals surface area contributed by atoms with Crippen LogP contribution in [-0.4, -0.2) is 47.2 Å². The molecule has 0 unspecified atom stereocenters. The zero-order chi connectivity index (χ0) is 18.1. The van der Waals surface area contributed by atoms with Gasteiger partial charge in [0.05, 0.1) is 12.3 Å². The van der Waals surface area contributed by atoms with Crippen LogP contribution in [0, 0.1) is 23.8 Å². The van der Waals surface area contributed by atoms with Crippen molar-refractivity contribution in [2.75, 3.05) is 25.4 Å². The number of nitrogens with one attached hydrogen (secondary N) is 4. The molecule has 1 aromatic heterocycles.